The van der Waals surface area contributed by atoms with Crippen LogP contribution in [-0.4, -0.2) is 11.2 Å². The van der Waals surface area contributed by atoms with E-state index < -0.39 is 0 Å². The topological polar surface area (TPSA) is 20.2 Å². The lowest BCUT2D eigenvalue weighted by atomic mass is 10.0. The van der Waals surface area contributed by atoms with Crippen LogP contribution in [-0.2, 0) is 0 Å². The maximum Gasteiger partial charge on any atom is 0.0574 e. The van der Waals surface area contributed by atoms with Gasteiger partial charge in [0.25, 0.3) is 0 Å². The number of unbranched alkanes of at least 4 members (excludes halogenated alkanes) is 1. The SMILES string of the molecule is C=CCCCC(O)C1CC1c1ccccc1. The molecule has 1 aliphatic carbocycles. The van der Waals surface area contributed by atoms with E-state index in [-0.39, 0.29) is 6.10 Å². The van der Waals surface area contributed by atoms with Gasteiger partial charge in [0, 0.05) is 0 Å². The minimum absolute atomic E-state index is 0.120. The first-order valence-corrected chi connectivity index (χ1v) is 6.17. The van der Waals surface area contributed by atoms with E-state index in [2.05, 4.69) is 30.8 Å². The summed E-state index contributed by atoms with van der Waals surface area (Å²) in [7, 11) is 0. The Bertz CT molecular complexity index is 331. The molecule has 0 aliphatic heterocycles. The van der Waals surface area contributed by atoms with Gasteiger partial charge >= 0.3 is 0 Å². The van der Waals surface area contributed by atoms with Crippen LogP contribution in [0, 0.1) is 5.92 Å². The monoisotopic (exact) mass is 216 g/mol. The Morgan fingerprint density at radius 2 is 2.12 bits per heavy atom. The van der Waals surface area contributed by atoms with Crippen LogP contribution < -0.4 is 0 Å². The van der Waals surface area contributed by atoms with Gasteiger partial charge in [0.2, 0.25) is 0 Å². The van der Waals surface area contributed by atoms with Crippen LogP contribution in [0.25, 0.3) is 0 Å². The zero-order valence-corrected chi connectivity index (χ0v) is 9.68. The third-order valence-corrected chi connectivity index (χ3v) is 3.47. The average molecular weight is 216 g/mol. The molecular weight excluding hydrogens is 196 g/mol. The van der Waals surface area contributed by atoms with Gasteiger partial charge in [0.1, 0.15) is 0 Å². The molecule has 1 aromatic carbocycles. The molecule has 0 saturated heterocycles. The number of hydrogen-bond donors (Lipinski definition) is 1. The Kier molecular flexibility index (Phi) is 3.79. The summed E-state index contributed by atoms with van der Waals surface area (Å²) in [6.07, 6.45) is 5.95. The molecule has 0 heterocycles. The van der Waals surface area contributed by atoms with E-state index in [4.69, 9.17) is 0 Å². The Labute approximate surface area is 97.8 Å². The minimum Gasteiger partial charge on any atom is -0.393 e. The summed E-state index contributed by atoms with van der Waals surface area (Å²) in [5, 5.41) is 10.0. The van der Waals surface area contributed by atoms with Crippen LogP contribution in [0.15, 0.2) is 43.0 Å². The van der Waals surface area contributed by atoms with Crippen LogP contribution >= 0.6 is 0 Å². The average Bonchev–Trinajstić information content (AvgIpc) is 3.10. The van der Waals surface area contributed by atoms with Crippen LogP contribution in [0.1, 0.15) is 37.2 Å². The maximum absolute atomic E-state index is 10.0. The third kappa shape index (κ3) is 2.73. The fourth-order valence-electron chi connectivity index (χ4n) is 2.41. The summed E-state index contributed by atoms with van der Waals surface area (Å²) in [5.74, 6) is 1.09. The lowest BCUT2D eigenvalue weighted by Crippen LogP contribution is -2.10. The number of allylic oxidation sites excluding steroid dienone is 1. The first-order chi connectivity index (χ1) is 7.83. The van der Waals surface area contributed by atoms with Crippen molar-refractivity contribution in [1.29, 1.82) is 0 Å². The highest BCUT2D eigenvalue weighted by atomic mass is 16.3. The normalized spacial score (nSPS) is 25.1. The summed E-state index contributed by atoms with van der Waals surface area (Å²) < 4.78 is 0. The first-order valence-electron chi connectivity index (χ1n) is 6.17. The van der Waals surface area contributed by atoms with Crippen LogP contribution in [0.5, 0.6) is 0 Å². The van der Waals surface area contributed by atoms with E-state index in [1.54, 1.807) is 0 Å². The summed E-state index contributed by atoms with van der Waals surface area (Å²) in [4.78, 5) is 0. The first kappa shape index (κ1) is 11.4. The maximum atomic E-state index is 10.0. The second kappa shape index (κ2) is 5.31. The van der Waals surface area contributed by atoms with E-state index in [1.165, 1.54) is 5.56 Å². The third-order valence-electron chi connectivity index (χ3n) is 3.47. The lowest BCUT2D eigenvalue weighted by molar-refractivity contribution is 0.137. The van der Waals surface area contributed by atoms with Crippen LogP contribution in [0.4, 0.5) is 0 Å². The van der Waals surface area contributed by atoms with E-state index in [0.29, 0.717) is 11.8 Å². The summed E-state index contributed by atoms with van der Waals surface area (Å²) in [5.41, 5.74) is 1.38. The number of hydrogen-bond acceptors (Lipinski definition) is 1. The molecule has 0 radical (unpaired) electrons. The predicted octanol–water partition coefficient (Wildman–Crippen LogP) is 3.51. The Morgan fingerprint density at radius 3 is 2.81 bits per heavy atom. The Hall–Kier alpha value is -1.08. The largest absolute Gasteiger partial charge is 0.393 e. The summed E-state index contributed by atoms with van der Waals surface area (Å²) >= 11 is 0. The molecule has 1 saturated carbocycles. The van der Waals surface area contributed by atoms with Crippen molar-refractivity contribution in [2.24, 2.45) is 5.92 Å². The van der Waals surface area contributed by atoms with E-state index in [0.717, 1.165) is 25.7 Å². The van der Waals surface area contributed by atoms with Crippen molar-refractivity contribution < 1.29 is 5.11 Å². The van der Waals surface area contributed by atoms with E-state index >= 15 is 0 Å². The highest BCUT2D eigenvalue weighted by Crippen LogP contribution is 2.50. The molecule has 0 spiro atoms. The van der Waals surface area contributed by atoms with Crippen molar-refractivity contribution in [3.8, 4) is 0 Å². The predicted molar refractivity (Wildman–Crippen MR) is 67.3 cm³/mol. The highest BCUT2D eigenvalue weighted by Gasteiger charge is 2.42. The van der Waals surface area contributed by atoms with Gasteiger partial charge in [-0.3, -0.25) is 0 Å². The molecule has 3 unspecified atom stereocenters. The second-order valence-electron chi connectivity index (χ2n) is 4.70. The van der Waals surface area contributed by atoms with Gasteiger partial charge in [-0.1, -0.05) is 36.4 Å². The second-order valence-corrected chi connectivity index (χ2v) is 4.70. The fraction of sp³-hybridized carbons (Fsp3) is 0.467. The van der Waals surface area contributed by atoms with Gasteiger partial charge in [0.05, 0.1) is 6.10 Å². The highest BCUT2D eigenvalue weighted by molar-refractivity contribution is 5.26. The van der Waals surface area contributed by atoms with Crippen molar-refractivity contribution in [3.05, 3.63) is 48.6 Å². The molecule has 86 valence electrons. The van der Waals surface area contributed by atoms with Crippen LogP contribution in [0.2, 0.25) is 0 Å². The smallest absolute Gasteiger partial charge is 0.0574 e. The molecule has 1 aromatic rings. The van der Waals surface area contributed by atoms with Crippen molar-refractivity contribution in [3.63, 3.8) is 0 Å². The Balaban J connectivity index is 1.80. The lowest BCUT2D eigenvalue weighted by Gasteiger charge is -2.09. The summed E-state index contributed by atoms with van der Waals surface area (Å²) in [6.45, 7) is 3.70. The van der Waals surface area contributed by atoms with Gasteiger partial charge in [-0.15, -0.1) is 6.58 Å². The molecule has 2 rings (SSSR count). The molecule has 16 heavy (non-hydrogen) atoms. The molecule has 3 atom stereocenters. The zero-order valence-electron chi connectivity index (χ0n) is 9.68. The van der Waals surface area contributed by atoms with Crippen molar-refractivity contribution in [1.82, 2.24) is 0 Å². The van der Waals surface area contributed by atoms with Crippen molar-refractivity contribution in [2.75, 3.05) is 0 Å². The molecular formula is C15H20O. The van der Waals surface area contributed by atoms with Gasteiger partial charge in [-0.2, -0.15) is 0 Å². The molecule has 0 amide bonds. The minimum atomic E-state index is -0.120. The fourth-order valence-corrected chi connectivity index (χ4v) is 2.41. The standard InChI is InChI=1S/C15H20O/c1-2-3-5-10-15(16)14-11-13(14)12-8-6-4-7-9-12/h2,4,6-9,13-16H,1,3,5,10-11H2. The molecule has 1 nitrogen and oxygen atoms in total. The number of aliphatic hydroxyl groups excluding tert-OH is 1. The molecule has 1 N–H and O–H groups in total. The number of benzene rings is 1. The molecule has 1 aliphatic rings. The van der Waals surface area contributed by atoms with Gasteiger partial charge in [0.15, 0.2) is 0 Å². The van der Waals surface area contributed by atoms with Crippen LogP contribution in [0.3, 0.4) is 0 Å². The molecule has 1 heteroatoms. The van der Waals surface area contributed by atoms with E-state index in [1.807, 2.05) is 12.1 Å². The quantitative estimate of drug-likeness (QED) is 0.570. The number of rotatable bonds is 6. The van der Waals surface area contributed by atoms with Crippen molar-refractivity contribution in [2.45, 2.75) is 37.7 Å². The van der Waals surface area contributed by atoms with Gasteiger partial charge in [-0.05, 0) is 43.1 Å². The molecule has 0 bridgehead atoms. The van der Waals surface area contributed by atoms with Crippen molar-refractivity contribution >= 4 is 0 Å². The molecule has 0 aromatic heterocycles. The number of aliphatic hydroxyl groups is 1. The van der Waals surface area contributed by atoms with Gasteiger partial charge in [-0.25, -0.2) is 0 Å². The van der Waals surface area contributed by atoms with E-state index in [9.17, 15) is 5.11 Å². The Morgan fingerprint density at radius 1 is 1.38 bits per heavy atom. The molecule has 1 fully saturated rings. The van der Waals surface area contributed by atoms with Gasteiger partial charge < -0.3 is 5.11 Å². The zero-order chi connectivity index (χ0) is 11.4. The summed E-state index contributed by atoms with van der Waals surface area (Å²) in [6, 6.07) is 10.5.